The number of phenolic OH excluding ortho intramolecular Hbond substituents is 2. The SMILES string of the molecule is C#CCOCCOCCN/C(OC)=C(\N)Cc1ccc(O)c(O)c1. The molecule has 7 nitrogen and oxygen atoms in total. The predicted octanol–water partition coefficient (Wildman–Crippen LogP) is 0.671. The molecule has 0 saturated carbocycles. The summed E-state index contributed by atoms with van der Waals surface area (Å²) in [5, 5.41) is 21.8. The van der Waals surface area contributed by atoms with Gasteiger partial charge in [0.15, 0.2) is 11.5 Å². The van der Waals surface area contributed by atoms with E-state index in [1.54, 1.807) is 6.07 Å². The van der Waals surface area contributed by atoms with E-state index in [4.69, 9.17) is 26.4 Å². The lowest BCUT2D eigenvalue weighted by Crippen LogP contribution is -2.25. The Bertz CT molecular complexity index is 581. The zero-order chi connectivity index (χ0) is 17.8. The number of hydrogen-bond acceptors (Lipinski definition) is 7. The van der Waals surface area contributed by atoms with Crippen LogP contribution in [0.5, 0.6) is 11.5 Å². The van der Waals surface area contributed by atoms with Crippen molar-refractivity contribution < 1.29 is 24.4 Å². The van der Waals surface area contributed by atoms with Crippen molar-refractivity contribution in [2.75, 3.05) is 40.1 Å². The normalized spacial score (nSPS) is 11.5. The summed E-state index contributed by atoms with van der Waals surface area (Å²) in [6.45, 7) is 2.15. The topological polar surface area (TPSA) is 106 Å². The molecule has 0 fully saturated rings. The molecule has 0 atom stereocenters. The van der Waals surface area contributed by atoms with Crippen molar-refractivity contribution in [3.8, 4) is 23.8 Å². The average molecular weight is 336 g/mol. The average Bonchev–Trinajstić information content (AvgIpc) is 2.57. The van der Waals surface area contributed by atoms with Crippen LogP contribution in [0.15, 0.2) is 29.8 Å². The predicted molar refractivity (Wildman–Crippen MR) is 90.2 cm³/mol. The Balaban J connectivity index is 2.38. The highest BCUT2D eigenvalue weighted by Crippen LogP contribution is 2.25. The Morgan fingerprint density at radius 1 is 1.21 bits per heavy atom. The molecule has 132 valence electrons. The first-order valence-corrected chi connectivity index (χ1v) is 7.44. The fourth-order valence-electron chi connectivity index (χ4n) is 1.88. The van der Waals surface area contributed by atoms with Crippen LogP contribution >= 0.6 is 0 Å². The molecular formula is C17H24N2O5. The third-order valence-corrected chi connectivity index (χ3v) is 3.02. The van der Waals surface area contributed by atoms with Crippen LogP contribution in [-0.4, -0.2) is 50.3 Å². The van der Waals surface area contributed by atoms with Crippen molar-refractivity contribution in [3.05, 3.63) is 35.3 Å². The van der Waals surface area contributed by atoms with E-state index in [1.165, 1.54) is 19.2 Å². The number of benzene rings is 1. The van der Waals surface area contributed by atoms with E-state index in [9.17, 15) is 10.2 Å². The Kier molecular flexibility index (Phi) is 8.97. The van der Waals surface area contributed by atoms with Crippen molar-refractivity contribution >= 4 is 0 Å². The number of nitrogens with two attached hydrogens (primary N) is 1. The third kappa shape index (κ3) is 7.13. The van der Waals surface area contributed by atoms with Gasteiger partial charge < -0.3 is 35.5 Å². The highest BCUT2D eigenvalue weighted by molar-refractivity contribution is 5.41. The largest absolute Gasteiger partial charge is 0.504 e. The minimum Gasteiger partial charge on any atom is -0.504 e. The van der Waals surface area contributed by atoms with Gasteiger partial charge in [0.25, 0.3) is 0 Å². The molecular weight excluding hydrogens is 312 g/mol. The Morgan fingerprint density at radius 2 is 1.96 bits per heavy atom. The van der Waals surface area contributed by atoms with Crippen LogP contribution in [0.25, 0.3) is 0 Å². The van der Waals surface area contributed by atoms with Gasteiger partial charge in [-0.25, -0.2) is 0 Å². The van der Waals surface area contributed by atoms with Crippen LogP contribution in [0, 0.1) is 12.3 Å². The lowest BCUT2D eigenvalue weighted by atomic mass is 10.1. The summed E-state index contributed by atoms with van der Waals surface area (Å²) in [7, 11) is 1.51. The first-order chi connectivity index (χ1) is 11.6. The second-order valence-electron chi connectivity index (χ2n) is 4.85. The Morgan fingerprint density at radius 3 is 2.62 bits per heavy atom. The molecule has 0 aliphatic rings. The van der Waals surface area contributed by atoms with Crippen molar-refractivity contribution in [1.82, 2.24) is 5.32 Å². The highest BCUT2D eigenvalue weighted by Gasteiger charge is 2.07. The van der Waals surface area contributed by atoms with E-state index in [1.807, 2.05) is 0 Å². The summed E-state index contributed by atoms with van der Waals surface area (Å²) in [6, 6.07) is 4.54. The molecule has 0 spiro atoms. The van der Waals surface area contributed by atoms with Gasteiger partial charge in [0.05, 0.1) is 32.6 Å². The molecule has 24 heavy (non-hydrogen) atoms. The maximum atomic E-state index is 9.50. The molecule has 0 bridgehead atoms. The summed E-state index contributed by atoms with van der Waals surface area (Å²) in [5.41, 5.74) is 7.24. The van der Waals surface area contributed by atoms with Crippen molar-refractivity contribution in [2.45, 2.75) is 6.42 Å². The first kappa shape index (κ1) is 19.5. The smallest absolute Gasteiger partial charge is 0.206 e. The van der Waals surface area contributed by atoms with Crippen LogP contribution in [0.2, 0.25) is 0 Å². The zero-order valence-corrected chi connectivity index (χ0v) is 13.7. The van der Waals surface area contributed by atoms with Gasteiger partial charge in [0, 0.05) is 13.0 Å². The molecule has 0 heterocycles. The molecule has 0 aliphatic heterocycles. The molecule has 1 rings (SSSR count). The molecule has 0 saturated heterocycles. The lowest BCUT2D eigenvalue weighted by molar-refractivity contribution is 0.0606. The number of nitrogens with one attached hydrogen (secondary N) is 1. The zero-order valence-electron chi connectivity index (χ0n) is 13.7. The van der Waals surface area contributed by atoms with E-state index < -0.39 is 0 Å². The number of methoxy groups -OCH3 is 1. The van der Waals surface area contributed by atoms with Gasteiger partial charge in [-0.05, 0) is 17.7 Å². The Labute approximate surface area is 142 Å². The van der Waals surface area contributed by atoms with E-state index in [2.05, 4.69) is 11.2 Å². The first-order valence-electron chi connectivity index (χ1n) is 7.44. The number of hydrogen-bond donors (Lipinski definition) is 4. The van der Waals surface area contributed by atoms with Gasteiger partial charge in [0.2, 0.25) is 5.88 Å². The number of ether oxygens (including phenoxy) is 3. The summed E-state index contributed by atoms with van der Waals surface area (Å²) in [6.07, 6.45) is 5.42. The lowest BCUT2D eigenvalue weighted by Gasteiger charge is -2.13. The summed E-state index contributed by atoms with van der Waals surface area (Å²) in [4.78, 5) is 0. The number of aromatic hydroxyl groups is 2. The van der Waals surface area contributed by atoms with Gasteiger partial charge in [-0.1, -0.05) is 12.0 Å². The molecule has 7 heteroatoms. The quantitative estimate of drug-likeness (QED) is 0.204. The summed E-state index contributed by atoms with van der Waals surface area (Å²) >= 11 is 0. The van der Waals surface area contributed by atoms with Crippen molar-refractivity contribution in [1.29, 1.82) is 0 Å². The molecule has 0 aromatic heterocycles. The van der Waals surface area contributed by atoms with E-state index in [0.29, 0.717) is 44.4 Å². The molecule has 5 N–H and O–H groups in total. The summed E-state index contributed by atoms with van der Waals surface area (Å²) in [5.74, 6) is 2.46. The maximum absolute atomic E-state index is 9.50. The molecule has 0 radical (unpaired) electrons. The minimum absolute atomic E-state index is 0.172. The van der Waals surface area contributed by atoms with Crippen LogP contribution < -0.4 is 11.1 Å². The molecule has 0 aliphatic carbocycles. The van der Waals surface area contributed by atoms with Gasteiger partial charge in [-0.15, -0.1) is 6.42 Å². The highest BCUT2D eigenvalue weighted by atomic mass is 16.5. The monoisotopic (exact) mass is 336 g/mol. The van der Waals surface area contributed by atoms with Crippen LogP contribution in [-0.2, 0) is 20.6 Å². The minimum atomic E-state index is -0.187. The summed E-state index contributed by atoms with van der Waals surface area (Å²) < 4.78 is 15.7. The van der Waals surface area contributed by atoms with E-state index in [-0.39, 0.29) is 18.1 Å². The van der Waals surface area contributed by atoms with Crippen LogP contribution in [0.4, 0.5) is 0 Å². The van der Waals surface area contributed by atoms with Gasteiger partial charge >= 0.3 is 0 Å². The third-order valence-electron chi connectivity index (χ3n) is 3.02. The van der Waals surface area contributed by atoms with Crippen molar-refractivity contribution in [2.24, 2.45) is 5.73 Å². The molecule has 0 amide bonds. The fraction of sp³-hybridized carbons (Fsp3) is 0.412. The van der Waals surface area contributed by atoms with Gasteiger partial charge in [-0.2, -0.15) is 0 Å². The maximum Gasteiger partial charge on any atom is 0.206 e. The number of phenols is 2. The molecule has 1 aromatic carbocycles. The number of allylic oxidation sites excluding steroid dienone is 1. The second kappa shape index (κ2) is 11.0. The van der Waals surface area contributed by atoms with E-state index in [0.717, 1.165) is 5.56 Å². The fourth-order valence-corrected chi connectivity index (χ4v) is 1.88. The Hall–Kier alpha value is -2.56. The number of terminal acetylenes is 1. The van der Waals surface area contributed by atoms with E-state index >= 15 is 0 Å². The molecule has 0 unspecified atom stereocenters. The number of rotatable bonds is 11. The van der Waals surface area contributed by atoms with Crippen LogP contribution in [0.1, 0.15) is 5.56 Å². The molecule has 1 aromatic rings. The van der Waals surface area contributed by atoms with Gasteiger partial charge in [0.1, 0.15) is 6.61 Å². The standard InChI is InChI=1S/C17H24N2O5/c1-3-7-23-9-10-24-8-6-19-17(22-2)14(18)11-13-4-5-15(20)16(21)12-13/h1,4-5,12,19-21H,6-11,18H2,2H3/b17-14+. The van der Waals surface area contributed by atoms with Crippen molar-refractivity contribution in [3.63, 3.8) is 0 Å². The van der Waals surface area contributed by atoms with Gasteiger partial charge in [-0.3, -0.25) is 0 Å². The van der Waals surface area contributed by atoms with Crippen LogP contribution in [0.3, 0.4) is 0 Å². The second-order valence-corrected chi connectivity index (χ2v) is 4.85.